The number of nitrogens with one attached hydrogen (secondary N) is 6. The lowest BCUT2D eigenvalue weighted by Gasteiger charge is -2.28. The zero-order valence-electron chi connectivity index (χ0n) is 82.8. The molecule has 5 aliphatic heterocycles. The number of nitrogens with zero attached hydrogens (tertiary/aromatic N) is 13. The molecule has 8 aromatic rings. The second-order valence-corrected chi connectivity index (χ2v) is 52.1. The zero-order chi connectivity index (χ0) is 107. The van der Waals surface area contributed by atoms with E-state index in [2.05, 4.69) is 88.6 Å². The van der Waals surface area contributed by atoms with Crippen molar-refractivity contribution in [1.82, 2.24) is 67.9 Å². The van der Waals surface area contributed by atoms with Gasteiger partial charge in [-0.25, -0.2) is 47.1 Å². The Morgan fingerprint density at radius 3 is 1.71 bits per heavy atom. The van der Waals surface area contributed by atoms with Crippen molar-refractivity contribution in [2.75, 3.05) is 150 Å². The number of benzene rings is 2. The number of thiol groups is 4. The Labute approximate surface area is 893 Å². The van der Waals surface area contributed by atoms with Crippen LogP contribution in [0.5, 0.6) is 0 Å². The first kappa shape index (κ1) is 117. The van der Waals surface area contributed by atoms with Crippen LogP contribution in [-0.4, -0.2) is 299 Å². The number of fused-ring (bicyclic) bond motifs is 4. The minimum absolute atomic E-state index is 0.0218. The molecule has 3 amide bonds. The molecule has 7 N–H and O–H groups in total. The molecule has 0 radical (unpaired) electrons. The van der Waals surface area contributed by atoms with Crippen molar-refractivity contribution in [3.05, 3.63) is 209 Å². The summed E-state index contributed by atoms with van der Waals surface area (Å²) in [4.78, 5) is 170. The minimum Gasteiger partial charge on any atom is -0.449 e. The van der Waals surface area contributed by atoms with Crippen molar-refractivity contribution in [3.63, 3.8) is 0 Å². The monoisotopic (exact) mass is 2330 g/mol. The predicted octanol–water partition coefficient (Wildman–Crippen LogP) is 9.54. The molecule has 0 saturated carbocycles. The van der Waals surface area contributed by atoms with Crippen molar-refractivity contribution in [2.45, 2.75) is 171 Å². The van der Waals surface area contributed by atoms with Crippen LogP contribution in [-0.2, 0) is 107 Å². The van der Waals surface area contributed by atoms with Gasteiger partial charge in [0.05, 0.1) is 117 Å². The number of aliphatic imine (C=N–C) groups is 1. The maximum absolute atomic E-state index is 14.3. The Balaban J connectivity index is 0.743. The Morgan fingerprint density at radius 2 is 1.12 bits per heavy atom. The van der Waals surface area contributed by atoms with Gasteiger partial charge in [-0.3, -0.25) is 61.8 Å². The van der Waals surface area contributed by atoms with Gasteiger partial charge in [-0.05, 0) is 81.9 Å². The summed E-state index contributed by atoms with van der Waals surface area (Å²) in [6.07, 6.45) is -16.1. The second kappa shape index (κ2) is 53.9. The van der Waals surface area contributed by atoms with E-state index >= 15 is 0 Å². The summed E-state index contributed by atoms with van der Waals surface area (Å²) in [6, 6.07) is 18.8. The van der Waals surface area contributed by atoms with Crippen molar-refractivity contribution in [2.24, 2.45) is 16.8 Å². The first-order valence-corrected chi connectivity index (χ1v) is 60.6. The molecule has 6 aliphatic rings. The number of rotatable bonds is 54. The highest BCUT2D eigenvalue weighted by molar-refractivity contribution is 9.10. The molecule has 14 rings (SSSR count). The number of amides is 3. The van der Waals surface area contributed by atoms with Gasteiger partial charge < -0.3 is 83.0 Å². The number of H-pyrrole nitrogens is 3. The number of alkyl carbamates (subject to hydrolysis) is 1. The number of hydrogen-bond donors (Lipinski definition) is 11. The molecule has 61 heteroatoms. The van der Waals surface area contributed by atoms with Gasteiger partial charge in [0.25, 0.3) is 16.7 Å². The maximum atomic E-state index is 14.3. The van der Waals surface area contributed by atoms with E-state index in [0.717, 1.165) is 37.6 Å². The molecule has 6 aromatic heterocycles. The number of ether oxygens (including phenoxy) is 10. The molecule has 5 saturated heterocycles. The molecule has 21 atom stereocenters. The summed E-state index contributed by atoms with van der Waals surface area (Å²) in [5.41, 5.74) is -1.06. The Bertz CT molecular complexity index is 6550. The normalized spacial score (nSPS) is 24.7. The number of methoxy groups -OCH3 is 2. The van der Waals surface area contributed by atoms with Crippen LogP contribution >= 0.6 is 104 Å². The maximum Gasteiger partial charge on any atom is 0.478 e. The van der Waals surface area contributed by atoms with Crippen LogP contribution in [0, 0.1) is 31.9 Å². The van der Waals surface area contributed by atoms with Crippen LogP contribution in [0.4, 0.5) is 22.4 Å². The Hall–Kier alpha value is -8.32. The highest BCUT2D eigenvalue weighted by Crippen LogP contribution is 2.78. The number of aliphatic hydroxyl groups is 1. The van der Waals surface area contributed by atoms with Crippen molar-refractivity contribution >= 4 is 157 Å². The minimum atomic E-state index is -4.41. The fraction of sp³-hybridized carbons (Fsp3) is 0.562. The van der Waals surface area contributed by atoms with E-state index in [9.17, 15) is 53.1 Å². The molecule has 0 spiro atoms. The van der Waals surface area contributed by atoms with E-state index in [-0.39, 0.29) is 142 Å². The SMILES string of the molecule is [C-]#[N+]CCO[P+](S)(OC[C@H]1O[C@@H](n2cnc3c(=O)[nH]c(N=CN(C)C)nc32)CC1O[P+](S)(OC[C@H]1O[C@@H](n2cc(C)c(=O)[nH]c2=O)CC1O[P+](S)(OCCOCCOCCNC(=O)OCC1c2ccccc2-c2ccccc21)OC[C@H]1O[C@@H](n2ccc(NC(C)=O)nc2=O)CC1C(C)C)SCCC)OC1[C@@H](CO[P+](S)(OCC[N+]#[C-])OC2[C@@H](CO)O[C@@H](n3cc(Br)c(=O)[nH]c3=O)[C@H]2OC)O[C@@H](n2ccc(NC(C)=O)nc2=O)[C@H]1OC. The summed E-state index contributed by atoms with van der Waals surface area (Å²) in [5.74, 6) is -1.29. The average molecular weight is 2330 g/mol. The molecular weight excluding hydrogens is 2210 g/mol. The number of anilines is 2. The second-order valence-electron chi connectivity index (χ2n) is 35.2. The summed E-state index contributed by atoms with van der Waals surface area (Å²) in [6.45, 7) is 21.6. The summed E-state index contributed by atoms with van der Waals surface area (Å²) >= 11 is 24.8. The topological polar surface area (TPSA) is 569 Å². The fourth-order valence-electron chi connectivity index (χ4n) is 17.2. The van der Waals surface area contributed by atoms with E-state index in [1.807, 2.05) is 57.2 Å². The van der Waals surface area contributed by atoms with Crippen LogP contribution in [0.15, 0.2) is 135 Å². The van der Waals surface area contributed by atoms with Crippen molar-refractivity contribution < 1.29 is 117 Å². The summed E-state index contributed by atoms with van der Waals surface area (Å²) in [7, 11) is -6.75. The molecule has 51 nitrogen and oxygen atoms in total. The van der Waals surface area contributed by atoms with Crippen LogP contribution in [0.25, 0.3) is 32.0 Å². The number of imidazole rings is 1. The largest absolute Gasteiger partial charge is 0.478 e. The number of aliphatic hydroxyl groups excluding tert-OH is 1. The number of carbonyl (C=O) groups is 3. The van der Waals surface area contributed by atoms with Gasteiger partial charge in [0.2, 0.25) is 30.9 Å². The fourth-order valence-corrected chi connectivity index (χ4v) is 29.1. The lowest BCUT2D eigenvalue weighted by atomic mass is 9.89. The number of halogens is 1. The number of aromatic amines is 3. The van der Waals surface area contributed by atoms with E-state index < -0.39 is 216 Å². The third-order valence-corrected chi connectivity index (χ3v) is 37.9. The van der Waals surface area contributed by atoms with Crippen molar-refractivity contribution in [3.8, 4) is 11.1 Å². The molecule has 11 heterocycles. The van der Waals surface area contributed by atoms with Crippen LogP contribution < -0.4 is 55.4 Å². The van der Waals surface area contributed by atoms with Gasteiger partial charge in [0.15, 0.2) is 49.0 Å². The first-order valence-electron chi connectivity index (χ1n) is 47.3. The van der Waals surface area contributed by atoms with E-state index in [1.165, 1.54) is 103 Å². The number of aryl methyl sites for hydroxylation is 1. The smallest absolute Gasteiger partial charge is 0.449 e. The third-order valence-electron chi connectivity index (χ3n) is 24.2. The molecule has 2 aromatic carbocycles. The highest BCUT2D eigenvalue weighted by atomic mass is 79.9. The van der Waals surface area contributed by atoms with Crippen LogP contribution in [0.2, 0.25) is 0 Å². The summed E-state index contributed by atoms with van der Waals surface area (Å²) in [5, 5.41) is 18.6. The van der Waals surface area contributed by atoms with E-state index in [4.69, 9.17) is 164 Å². The predicted molar refractivity (Wildman–Crippen MR) is 566 cm³/mol. The number of aromatic nitrogens is 12. The molecule has 814 valence electrons. The Morgan fingerprint density at radius 1 is 0.600 bits per heavy atom. The molecular formula is C89H118BrN19O32P4S5+4. The van der Waals surface area contributed by atoms with Crippen LogP contribution in [0.1, 0.15) is 114 Å². The molecule has 150 heavy (non-hydrogen) atoms. The lowest BCUT2D eigenvalue weighted by Crippen LogP contribution is -2.41. The van der Waals surface area contributed by atoms with Gasteiger partial charge in [0, 0.05) is 104 Å². The molecule has 9 unspecified atom stereocenters. The standard InChI is InChI=1S/C89H114BrN19O32P4S5/c1-13-36-150-145(149,132-46-66-61(38-71(134-66)107-40-51(4)79(113)102-87(107)118)138-142(146,129-44-64-58(50(2)3)37-70(133-64)105-27-22-68(96-52(5)111)98-85(105)116)128-35-34-124-33-32-123-29-26-93-89(120)125-43-59-56-20-16-14-18-54(56)55-19-15-17-21-57(55)59)139-62-39-72(109-49-94-73-78(109)100-84(101-81(73)115)95-48-104(9)10)135-65(62)45-130-143(147,126-30-24-91-7)141-75-67(137-82(77(75)122-12)106-28-23-69(97-53(6)112)99-86(106)117)47-131-144(148,127-31-25-92-8)140-74-63(42-110)136-83(76(74)121-11)108-41-60(90)80(114)103-88(108)119/h14-23,27-28,40-41,48-50,58-59,61-67,70-72,74-77,82-83,110,146-149H,13,24-26,29-39,42-47H2,1-6,9-12H3,(H2-4,93,96,97,98,99,100,101,102,103,111,112,113,114,115,116,117,118,119,120)/p+4/t58?,61?,62?,63-,64-,65-,66-,67-,70-,71-,72-,74?,75?,76+,77+,82-,83-,142?,143?,144?,145?/m1/s1. The van der Waals surface area contributed by atoms with Gasteiger partial charge in [-0.2, -0.15) is 64.7 Å². The Kier molecular flexibility index (Phi) is 42.1. The first-order chi connectivity index (χ1) is 71.9. The third kappa shape index (κ3) is 29.9. The number of carbonyl (C=O) groups excluding carboxylic acids is 3. The molecule has 5 fully saturated rings. The van der Waals surface area contributed by atoms with Gasteiger partial charge >= 0.3 is 56.4 Å². The van der Waals surface area contributed by atoms with E-state index in [0.29, 0.717) is 18.6 Å². The lowest BCUT2D eigenvalue weighted by molar-refractivity contribution is -0.115. The highest BCUT2D eigenvalue weighted by Gasteiger charge is 2.63. The number of hydrogen-bond acceptors (Lipinski definition) is 42. The van der Waals surface area contributed by atoms with Gasteiger partial charge in [-0.15, -0.1) is 0 Å². The van der Waals surface area contributed by atoms with E-state index in [1.54, 1.807) is 19.0 Å². The van der Waals surface area contributed by atoms with Gasteiger partial charge in [0.1, 0.15) is 119 Å². The molecule has 0 bridgehead atoms. The zero-order valence-corrected chi connectivity index (χ0v) is 92.4. The average Bonchev–Trinajstić information content (AvgIpc) is 1.61. The van der Waals surface area contributed by atoms with Crippen molar-refractivity contribution in [1.29, 1.82) is 0 Å². The quantitative estimate of drug-likeness (QED) is 0.00422. The summed E-state index contributed by atoms with van der Waals surface area (Å²) < 4.78 is 144. The van der Waals surface area contributed by atoms with Crippen LogP contribution in [0.3, 0.4) is 0 Å². The van der Waals surface area contributed by atoms with Gasteiger partial charge in [-0.1, -0.05) is 69.3 Å². The molecule has 1 aliphatic carbocycles.